The number of phenols is 1. The number of amides is 13. The van der Waals surface area contributed by atoms with E-state index in [1.54, 1.807) is 99.6 Å². The van der Waals surface area contributed by atoms with Gasteiger partial charge in [0.1, 0.15) is 84.3 Å². The van der Waals surface area contributed by atoms with Crippen LogP contribution in [0.4, 0.5) is 0 Å². The van der Waals surface area contributed by atoms with Crippen LogP contribution in [0.25, 0.3) is 0 Å². The molecule has 6 rings (SSSR count). The summed E-state index contributed by atoms with van der Waals surface area (Å²) in [5.41, 5.74) is 18.9. The number of nitrogens with one attached hydrogen (secondary N) is 17. The lowest BCUT2D eigenvalue weighted by molar-refractivity contribution is -0.143. The van der Waals surface area contributed by atoms with Crippen LogP contribution >= 0.6 is 0 Å². The third-order valence-electron chi connectivity index (χ3n) is 21.9. The molecule has 5 aromatic rings. The molecule has 1 aliphatic rings. The number of imidazole rings is 3. The predicted molar refractivity (Wildman–Crippen MR) is 465 cm³/mol. The Morgan fingerprint density at radius 1 is 0.480 bits per heavy atom. The highest BCUT2D eigenvalue weighted by molar-refractivity contribution is 6.01. The van der Waals surface area contributed by atoms with Crippen molar-refractivity contribution >= 4 is 94.7 Å². The number of H-pyrrole nitrogens is 3. The van der Waals surface area contributed by atoms with Gasteiger partial charge in [-0.3, -0.25) is 72.5 Å². The maximum atomic E-state index is 15.4. The summed E-state index contributed by atoms with van der Waals surface area (Å²) in [4.78, 5) is 237. The van der Waals surface area contributed by atoms with Gasteiger partial charge >= 0.3 is 11.9 Å². The van der Waals surface area contributed by atoms with Gasteiger partial charge in [-0.1, -0.05) is 125 Å². The third kappa shape index (κ3) is 33.5. The second-order valence-electron chi connectivity index (χ2n) is 33.2. The maximum Gasteiger partial charge on any atom is 0.326 e. The molecule has 1 fully saturated rings. The van der Waals surface area contributed by atoms with E-state index >= 15 is 28.8 Å². The minimum atomic E-state index is -1.56. The Hall–Kier alpha value is -12.9. The smallest absolute Gasteiger partial charge is 0.326 e. The van der Waals surface area contributed by atoms with Crippen molar-refractivity contribution in [3.63, 3.8) is 0 Å². The highest BCUT2D eigenvalue weighted by Gasteiger charge is 2.44. The van der Waals surface area contributed by atoms with Gasteiger partial charge in [0.2, 0.25) is 76.8 Å². The Morgan fingerprint density at radius 3 is 1.35 bits per heavy atom. The van der Waals surface area contributed by atoms with Crippen molar-refractivity contribution in [2.75, 3.05) is 19.6 Å². The van der Waals surface area contributed by atoms with Gasteiger partial charge < -0.3 is 121 Å². The summed E-state index contributed by atoms with van der Waals surface area (Å²) < 4.78 is 0. The number of nitrogens with two attached hydrogens (primary N) is 3. The number of aliphatic carboxylic acids is 2. The molecule has 0 spiro atoms. The van der Waals surface area contributed by atoms with Gasteiger partial charge in [-0.15, -0.1) is 0 Å². The largest absolute Gasteiger partial charge is 0.508 e. The molecule has 0 bridgehead atoms. The van der Waals surface area contributed by atoms with Gasteiger partial charge in [-0.2, -0.15) is 0 Å². The van der Waals surface area contributed by atoms with Gasteiger partial charge in [0.15, 0.2) is 5.96 Å². The van der Waals surface area contributed by atoms with Crippen LogP contribution in [0.1, 0.15) is 168 Å². The number of guanidine groups is 1. The molecule has 42 nitrogen and oxygen atoms in total. The van der Waals surface area contributed by atoms with Crippen molar-refractivity contribution in [2.45, 2.75) is 257 Å². The van der Waals surface area contributed by atoms with Crippen molar-refractivity contribution < 1.29 is 87.2 Å². The molecule has 42 heteroatoms. The normalized spacial score (nSPS) is 16.1. The zero-order valence-corrected chi connectivity index (χ0v) is 73.6. The van der Waals surface area contributed by atoms with Gasteiger partial charge in [-0.05, 0) is 111 Å². The molecule has 26 N–H and O–H groups in total. The number of likely N-dealkylation sites (tertiary alicyclic amines) is 1. The molecule has 1 saturated heterocycles. The molecule has 2 aromatic carbocycles. The minimum Gasteiger partial charge on any atom is -0.508 e. The molecule has 0 unspecified atom stereocenters. The van der Waals surface area contributed by atoms with Crippen LogP contribution in [0.5, 0.6) is 5.75 Å². The van der Waals surface area contributed by atoms with Crippen molar-refractivity contribution in [3.05, 3.63) is 120 Å². The number of benzene rings is 2. The summed E-state index contributed by atoms with van der Waals surface area (Å²) in [6, 6.07) is -5.48. The summed E-state index contributed by atoms with van der Waals surface area (Å²) in [5.74, 6) is -17.1. The number of carbonyl (C=O) groups is 15. The quantitative estimate of drug-likeness (QED) is 0.0121. The van der Waals surface area contributed by atoms with Crippen molar-refractivity contribution in [1.29, 1.82) is 5.41 Å². The number of carboxylic acid groups (broad SMARTS) is 2. The number of hydrogen-bond donors (Lipinski definition) is 23. The van der Waals surface area contributed by atoms with Gasteiger partial charge in [-0.25, -0.2) is 19.7 Å². The standard InChI is InChI=1S/C85H128N24O18/c1-11-48(9)69(107-77(119)61(34-51-25-27-55(110)28-26-51)102-79(121)67(46(5)6)105-72(114)57(23-18-30-93-85(88)89)97-71(113)56(87)38-66(111)112)82(124)104-64(37-54-41-92-44-96-54)83(125)109-31-19-24-65(109)78(120)101-60(33-50-20-14-13-15-21-50)73(115)100-62(35-52-39-90-42-94-52)75(117)99-59(32-45(3)4)76(118)106-68(47(7)8)80(122)108-70(49(10)12-2)81(123)103-63(36-53-40-91-43-95-53)74(116)98-58(84(126)127)22-16-17-29-86/h13-15,20-21,25-28,39-49,56-65,67-70,110H,11-12,16-19,22-24,29-38,86-87H2,1-10H3,(H,90,94)(H,91,95)(H,92,96)(H,97,113)(H,98,116)(H,99,117)(H,100,115)(H,101,120)(H,102,121)(H,103,123)(H,104,124)(H,105,114)(H,106,118)(H,107,119)(H,108,122)(H,111,112)(H,126,127)(H4,88,89,93)/t48-,49-,56-,57-,58-,59-,60-,61-,62-,63-,64-,65-,67-,68-,69-,70-/m0/s1. The highest BCUT2D eigenvalue weighted by Crippen LogP contribution is 2.23. The molecular weight excluding hydrogens is 1650 g/mol. The first kappa shape index (κ1) is 103. The molecule has 1 aliphatic heterocycles. The Morgan fingerprint density at radius 2 is 0.882 bits per heavy atom. The Balaban J connectivity index is 1.23. The minimum absolute atomic E-state index is 0.00191. The van der Waals surface area contributed by atoms with Crippen LogP contribution in [-0.2, 0) is 104 Å². The van der Waals surface area contributed by atoms with Crippen LogP contribution in [0.2, 0.25) is 0 Å². The van der Waals surface area contributed by atoms with Gasteiger partial charge in [0, 0.05) is 63.8 Å². The fraction of sp³-hybridized carbons (Fsp3) is 0.565. The van der Waals surface area contributed by atoms with E-state index in [2.05, 4.69) is 99.0 Å². The van der Waals surface area contributed by atoms with Crippen LogP contribution in [-0.4, -0.2) is 249 Å². The van der Waals surface area contributed by atoms with Crippen LogP contribution in [0, 0.1) is 35.0 Å². The zero-order chi connectivity index (χ0) is 93.7. The first-order valence-corrected chi connectivity index (χ1v) is 43.0. The number of nitrogens with zero attached hydrogens (tertiary/aromatic N) is 4. The van der Waals surface area contributed by atoms with E-state index in [1.807, 2.05) is 0 Å². The summed E-state index contributed by atoms with van der Waals surface area (Å²) in [7, 11) is 0. The number of aromatic amines is 3. The Bertz CT molecular complexity index is 4440. The van der Waals surface area contributed by atoms with Crippen LogP contribution < -0.4 is 86.3 Å². The zero-order valence-electron chi connectivity index (χ0n) is 73.6. The molecule has 3 aromatic heterocycles. The number of phenolic OH excluding ortho intramolecular Hbond substituents is 1. The molecule has 0 aliphatic carbocycles. The predicted octanol–water partition coefficient (Wildman–Crippen LogP) is -1.39. The van der Waals surface area contributed by atoms with E-state index in [9.17, 15) is 58.5 Å². The molecule has 0 saturated carbocycles. The second-order valence-corrected chi connectivity index (χ2v) is 33.2. The fourth-order valence-corrected chi connectivity index (χ4v) is 14.3. The summed E-state index contributed by atoms with van der Waals surface area (Å²) in [6.45, 7) is 17.3. The molecule has 13 amide bonds. The van der Waals surface area contributed by atoms with E-state index in [-0.39, 0.29) is 108 Å². The van der Waals surface area contributed by atoms with E-state index < -0.39 is 203 Å². The lowest BCUT2D eigenvalue weighted by atomic mass is 9.95. The number of unbranched alkanes of at least 4 members (excludes halogenated alkanes) is 1. The molecule has 696 valence electrons. The monoisotopic (exact) mass is 1770 g/mol. The first-order valence-electron chi connectivity index (χ1n) is 43.0. The first-order chi connectivity index (χ1) is 60.3. The molecule has 16 atom stereocenters. The number of carbonyl (C=O) groups excluding carboxylic acids is 13. The lowest BCUT2D eigenvalue weighted by Gasteiger charge is -2.32. The second kappa shape index (κ2) is 51.5. The van der Waals surface area contributed by atoms with E-state index in [0.29, 0.717) is 54.0 Å². The van der Waals surface area contributed by atoms with Crippen molar-refractivity contribution in [2.24, 2.45) is 46.8 Å². The fourth-order valence-electron chi connectivity index (χ4n) is 14.3. The van der Waals surface area contributed by atoms with Gasteiger partial charge in [0.25, 0.3) is 0 Å². The number of hydrogen-bond acceptors (Lipinski definition) is 22. The highest BCUT2D eigenvalue weighted by atomic mass is 16.4. The average Bonchev–Trinajstić information content (AvgIpc) is 1.67. The topological polar surface area (TPSA) is 664 Å². The maximum absolute atomic E-state index is 15.4. The van der Waals surface area contributed by atoms with E-state index in [0.717, 1.165) is 0 Å². The van der Waals surface area contributed by atoms with Crippen molar-refractivity contribution in [1.82, 2.24) is 104 Å². The summed E-state index contributed by atoms with van der Waals surface area (Å²) in [5, 5.41) is 72.3. The molecule has 127 heavy (non-hydrogen) atoms. The SMILES string of the molecule is CC[C@H](C)[C@H](NC(=O)[C@H](Cc1ccc(O)cc1)NC(=O)[C@@H](NC(=O)[C@H](CCCNC(=N)N)NC(=O)[C@@H](N)CC(=O)O)C(C)C)C(=O)N[C@@H](Cc1c[nH]cn1)C(=O)N1CCC[C@H]1C(=O)N[C@@H](Cc1ccccc1)C(=O)N[C@@H](Cc1c[nH]cn1)C(=O)N[C@@H](CC(C)C)C(=O)N[C@H](C(=O)N[C@H](C(=O)N[C@@H](Cc1c[nH]cn1)C(=O)N[C@@H](CCCCN)C(=O)O)[C@@H](C)CC)C(C)C. The molecule has 4 heterocycles. The summed E-state index contributed by atoms with van der Waals surface area (Å²) >= 11 is 0. The number of aromatic hydroxyl groups is 1. The van der Waals surface area contributed by atoms with E-state index in [1.165, 1.54) is 66.7 Å². The van der Waals surface area contributed by atoms with Gasteiger partial charge in [0.05, 0.1) is 48.5 Å². The Kier molecular flexibility index (Phi) is 41.7. The number of carboxylic acids is 2. The van der Waals surface area contributed by atoms with E-state index in [4.69, 9.17) is 22.6 Å². The number of aromatic nitrogens is 6. The molecule has 0 radical (unpaired) electrons. The van der Waals surface area contributed by atoms with Crippen LogP contribution in [0.15, 0.2) is 92.2 Å². The molecular formula is C85H128N24O18. The third-order valence-corrected chi connectivity index (χ3v) is 21.9. The Labute approximate surface area is 737 Å². The summed E-state index contributed by atoms with van der Waals surface area (Å²) in [6.07, 6.45) is 8.64. The lowest BCUT2D eigenvalue weighted by Crippen LogP contribution is -2.62. The average molecular weight is 1770 g/mol. The van der Waals surface area contributed by atoms with Crippen LogP contribution in [0.3, 0.4) is 0 Å². The van der Waals surface area contributed by atoms with Crippen molar-refractivity contribution in [3.8, 4) is 5.75 Å². The number of rotatable bonds is 54.